The SMILES string of the molecule is CNC1CCC(Cc2cc(-c3ccc(N(C)C=O)cc3)ccc2OC)(NC(=O)C(F)(F)F)CC1. The maximum absolute atomic E-state index is 13.1. The lowest BCUT2D eigenvalue weighted by Gasteiger charge is -2.41. The first kappa shape index (κ1) is 25.6. The van der Waals surface area contributed by atoms with E-state index in [1.54, 1.807) is 13.1 Å². The summed E-state index contributed by atoms with van der Waals surface area (Å²) in [6, 6.07) is 13.1. The highest BCUT2D eigenvalue weighted by Gasteiger charge is 2.45. The zero-order valence-electron chi connectivity index (χ0n) is 19.5. The molecule has 0 saturated heterocycles. The summed E-state index contributed by atoms with van der Waals surface area (Å²) in [6.07, 6.45) is -1.87. The normalized spacial score (nSPS) is 20.5. The maximum Gasteiger partial charge on any atom is 0.471 e. The van der Waals surface area contributed by atoms with Crippen molar-refractivity contribution in [1.29, 1.82) is 0 Å². The first-order valence-electron chi connectivity index (χ1n) is 11.1. The average molecular weight is 478 g/mol. The molecule has 184 valence electrons. The third-order valence-corrected chi connectivity index (χ3v) is 6.56. The largest absolute Gasteiger partial charge is 0.496 e. The van der Waals surface area contributed by atoms with Crippen LogP contribution in [-0.4, -0.2) is 51.3 Å². The number of nitrogens with one attached hydrogen (secondary N) is 2. The molecule has 0 heterocycles. The fourth-order valence-corrected chi connectivity index (χ4v) is 4.53. The van der Waals surface area contributed by atoms with Gasteiger partial charge >= 0.3 is 12.1 Å². The van der Waals surface area contributed by atoms with Gasteiger partial charge in [0.25, 0.3) is 0 Å². The number of nitrogens with zero attached hydrogens (tertiary/aromatic N) is 1. The number of carbonyl (C=O) groups is 2. The van der Waals surface area contributed by atoms with Gasteiger partial charge < -0.3 is 20.3 Å². The maximum atomic E-state index is 13.1. The first-order chi connectivity index (χ1) is 16.1. The molecule has 2 aromatic carbocycles. The quantitative estimate of drug-likeness (QED) is 0.563. The number of rotatable bonds is 8. The van der Waals surface area contributed by atoms with E-state index in [0.717, 1.165) is 28.8 Å². The van der Waals surface area contributed by atoms with Gasteiger partial charge in [0.1, 0.15) is 5.75 Å². The van der Waals surface area contributed by atoms with Crippen molar-refractivity contribution >= 4 is 18.0 Å². The van der Waals surface area contributed by atoms with Gasteiger partial charge in [-0.05, 0) is 80.1 Å². The molecular formula is C25H30F3N3O3. The van der Waals surface area contributed by atoms with E-state index in [9.17, 15) is 22.8 Å². The van der Waals surface area contributed by atoms with Gasteiger partial charge in [-0.15, -0.1) is 0 Å². The highest BCUT2D eigenvalue weighted by molar-refractivity contribution is 5.82. The van der Waals surface area contributed by atoms with Gasteiger partial charge in [-0.1, -0.05) is 18.2 Å². The van der Waals surface area contributed by atoms with Crippen molar-refractivity contribution in [2.75, 3.05) is 26.1 Å². The Morgan fingerprint density at radius 3 is 2.29 bits per heavy atom. The van der Waals surface area contributed by atoms with Crippen molar-refractivity contribution in [3.8, 4) is 16.9 Å². The van der Waals surface area contributed by atoms with Crippen molar-refractivity contribution in [2.45, 2.75) is 49.9 Å². The fraction of sp³-hybridized carbons (Fsp3) is 0.440. The Hall–Kier alpha value is -3.07. The Labute approximate surface area is 197 Å². The molecule has 2 N–H and O–H groups in total. The Bertz CT molecular complexity index is 1000. The molecule has 1 fully saturated rings. The number of carbonyl (C=O) groups excluding carboxylic acids is 2. The number of ether oxygens (including phenoxy) is 1. The number of hydrogen-bond donors (Lipinski definition) is 2. The third-order valence-electron chi connectivity index (χ3n) is 6.56. The van der Waals surface area contributed by atoms with Crippen LogP contribution in [0, 0.1) is 0 Å². The van der Waals surface area contributed by atoms with Gasteiger partial charge in [0.15, 0.2) is 0 Å². The van der Waals surface area contributed by atoms with Crippen molar-refractivity contribution < 1.29 is 27.5 Å². The number of anilines is 1. The predicted molar refractivity (Wildman–Crippen MR) is 125 cm³/mol. The molecule has 9 heteroatoms. The predicted octanol–water partition coefficient (Wildman–Crippen LogP) is 4.08. The summed E-state index contributed by atoms with van der Waals surface area (Å²) in [7, 11) is 5.00. The van der Waals surface area contributed by atoms with Crippen LogP contribution in [0.3, 0.4) is 0 Å². The van der Waals surface area contributed by atoms with Gasteiger partial charge in [0, 0.05) is 24.3 Å². The van der Waals surface area contributed by atoms with Gasteiger partial charge in [0.05, 0.1) is 7.11 Å². The minimum absolute atomic E-state index is 0.201. The highest BCUT2D eigenvalue weighted by Crippen LogP contribution is 2.37. The summed E-state index contributed by atoms with van der Waals surface area (Å²) < 4.78 is 44.9. The van der Waals surface area contributed by atoms with Crippen molar-refractivity contribution in [1.82, 2.24) is 10.6 Å². The zero-order valence-corrected chi connectivity index (χ0v) is 19.5. The van der Waals surface area contributed by atoms with E-state index in [4.69, 9.17) is 4.74 Å². The molecule has 1 saturated carbocycles. The van der Waals surface area contributed by atoms with Crippen LogP contribution in [0.1, 0.15) is 31.2 Å². The molecular weight excluding hydrogens is 447 g/mol. The Balaban J connectivity index is 1.93. The number of benzene rings is 2. The molecule has 0 radical (unpaired) electrons. The van der Waals surface area contributed by atoms with Gasteiger partial charge in [0.2, 0.25) is 6.41 Å². The summed E-state index contributed by atoms with van der Waals surface area (Å²) in [5.41, 5.74) is 2.18. The fourth-order valence-electron chi connectivity index (χ4n) is 4.53. The van der Waals surface area contributed by atoms with E-state index in [-0.39, 0.29) is 12.5 Å². The molecule has 6 nitrogen and oxygen atoms in total. The van der Waals surface area contributed by atoms with E-state index in [1.807, 2.05) is 43.4 Å². The van der Waals surface area contributed by atoms with E-state index >= 15 is 0 Å². The van der Waals surface area contributed by atoms with E-state index in [2.05, 4.69) is 10.6 Å². The topological polar surface area (TPSA) is 70.7 Å². The lowest BCUT2D eigenvalue weighted by molar-refractivity contribution is -0.176. The third kappa shape index (κ3) is 5.88. The van der Waals surface area contributed by atoms with Crippen molar-refractivity contribution in [2.24, 2.45) is 0 Å². The standard InChI is InChI=1S/C25H30F3N3O3/c1-29-20-10-12-24(13-11-20,30-23(33)25(26,27)28)15-19-14-18(6-9-22(19)34-3)17-4-7-21(8-5-17)31(2)16-32/h4-9,14,16,20,29H,10-13,15H2,1-3H3,(H,30,33). The smallest absolute Gasteiger partial charge is 0.471 e. The number of alkyl halides is 3. The van der Waals surface area contributed by atoms with Crippen LogP contribution in [-0.2, 0) is 16.0 Å². The molecule has 0 aliphatic heterocycles. The monoisotopic (exact) mass is 477 g/mol. The summed E-state index contributed by atoms with van der Waals surface area (Å²) in [4.78, 5) is 24.4. The summed E-state index contributed by atoms with van der Waals surface area (Å²) in [5.74, 6) is -1.36. The zero-order chi connectivity index (χ0) is 24.9. The molecule has 0 aromatic heterocycles. The molecule has 0 atom stereocenters. The number of halogens is 3. The highest BCUT2D eigenvalue weighted by atomic mass is 19.4. The molecule has 0 spiro atoms. The van der Waals surface area contributed by atoms with Crippen LogP contribution >= 0.6 is 0 Å². The van der Waals surface area contributed by atoms with Gasteiger partial charge in [-0.25, -0.2) is 0 Å². The second kappa shape index (κ2) is 10.5. The Morgan fingerprint density at radius 2 is 1.76 bits per heavy atom. The molecule has 2 amide bonds. The summed E-state index contributed by atoms with van der Waals surface area (Å²) in [5, 5.41) is 5.49. The molecule has 0 bridgehead atoms. The van der Waals surface area contributed by atoms with E-state index in [0.29, 0.717) is 31.4 Å². The van der Waals surface area contributed by atoms with Crippen molar-refractivity contribution in [3.05, 3.63) is 48.0 Å². The number of hydrogen-bond acceptors (Lipinski definition) is 4. The second-order valence-corrected chi connectivity index (χ2v) is 8.76. The summed E-state index contributed by atoms with van der Waals surface area (Å²) >= 11 is 0. The van der Waals surface area contributed by atoms with Gasteiger partial charge in [-0.3, -0.25) is 9.59 Å². The lowest BCUT2D eigenvalue weighted by Crippen LogP contribution is -2.57. The van der Waals surface area contributed by atoms with E-state index < -0.39 is 17.6 Å². The minimum Gasteiger partial charge on any atom is -0.496 e. The molecule has 34 heavy (non-hydrogen) atoms. The second-order valence-electron chi connectivity index (χ2n) is 8.76. The van der Waals surface area contributed by atoms with Gasteiger partial charge in [-0.2, -0.15) is 13.2 Å². The molecule has 1 aliphatic carbocycles. The number of amides is 2. The van der Waals surface area contributed by atoms with Crippen LogP contribution < -0.4 is 20.3 Å². The van der Waals surface area contributed by atoms with Crippen LogP contribution in [0.4, 0.5) is 18.9 Å². The van der Waals surface area contributed by atoms with Crippen LogP contribution in [0.2, 0.25) is 0 Å². The van der Waals surface area contributed by atoms with Crippen LogP contribution in [0.15, 0.2) is 42.5 Å². The Morgan fingerprint density at radius 1 is 1.15 bits per heavy atom. The van der Waals surface area contributed by atoms with Crippen molar-refractivity contribution in [3.63, 3.8) is 0 Å². The molecule has 0 unspecified atom stereocenters. The Kier molecular flexibility index (Phi) is 7.86. The minimum atomic E-state index is -4.95. The first-order valence-corrected chi connectivity index (χ1v) is 11.1. The average Bonchev–Trinajstić information content (AvgIpc) is 2.83. The van der Waals surface area contributed by atoms with Crippen LogP contribution in [0.5, 0.6) is 5.75 Å². The lowest BCUT2D eigenvalue weighted by atomic mass is 9.75. The van der Waals surface area contributed by atoms with Crippen LogP contribution in [0.25, 0.3) is 11.1 Å². The number of methoxy groups -OCH3 is 1. The molecule has 1 aliphatic rings. The molecule has 2 aromatic rings. The summed E-state index contributed by atoms with van der Waals surface area (Å²) in [6.45, 7) is 0. The van der Waals surface area contributed by atoms with E-state index in [1.165, 1.54) is 12.0 Å². The molecule has 3 rings (SSSR count).